The standard InChI is InChI=1S/C8H10FNO2S2/c9-7-1-3-8(4-2-7)14(11,12)10-5-6-13/h1-4,10,13H,5-6H2. The molecule has 0 radical (unpaired) electrons. The molecule has 0 aliphatic rings. The Morgan fingerprint density at radius 2 is 1.86 bits per heavy atom. The van der Waals surface area contributed by atoms with Crippen LogP contribution < -0.4 is 4.72 Å². The summed E-state index contributed by atoms with van der Waals surface area (Å²) in [6, 6.07) is 4.65. The zero-order valence-corrected chi connectivity index (χ0v) is 8.98. The van der Waals surface area contributed by atoms with Gasteiger partial charge in [-0.2, -0.15) is 12.6 Å². The van der Waals surface area contributed by atoms with Crippen molar-refractivity contribution in [3.63, 3.8) is 0 Å². The van der Waals surface area contributed by atoms with Crippen LogP contribution in [0.15, 0.2) is 29.2 Å². The van der Waals surface area contributed by atoms with Crippen molar-refractivity contribution in [3.05, 3.63) is 30.1 Å². The van der Waals surface area contributed by atoms with E-state index in [9.17, 15) is 12.8 Å². The van der Waals surface area contributed by atoms with Crippen molar-refractivity contribution in [2.24, 2.45) is 0 Å². The van der Waals surface area contributed by atoms with E-state index in [4.69, 9.17) is 0 Å². The second-order valence-corrected chi connectivity index (χ2v) is 4.79. The fourth-order valence-electron chi connectivity index (χ4n) is 0.877. The number of nitrogens with one attached hydrogen (secondary N) is 1. The third-order valence-corrected chi connectivity index (χ3v) is 3.23. The first-order valence-electron chi connectivity index (χ1n) is 3.92. The SMILES string of the molecule is O=S(=O)(NCCS)c1ccc(F)cc1. The van der Waals surface area contributed by atoms with Crippen molar-refractivity contribution in [1.82, 2.24) is 4.72 Å². The van der Waals surface area contributed by atoms with E-state index in [1.54, 1.807) is 0 Å². The summed E-state index contributed by atoms with van der Waals surface area (Å²) >= 11 is 3.87. The number of thiol groups is 1. The van der Waals surface area contributed by atoms with Gasteiger partial charge in [-0.25, -0.2) is 17.5 Å². The van der Waals surface area contributed by atoms with Gasteiger partial charge in [-0.15, -0.1) is 0 Å². The van der Waals surface area contributed by atoms with Crippen LogP contribution in [0.25, 0.3) is 0 Å². The molecular weight excluding hydrogens is 225 g/mol. The monoisotopic (exact) mass is 235 g/mol. The molecule has 3 nitrogen and oxygen atoms in total. The summed E-state index contributed by atoms with van der Waals surface area (Å²) in [6.07, 6.45) is 0. The van der Waals surface area contributed by atoms with Crippen LogP contribution in [0.2, 0.25) is 0 Å². The Balaban J connectivity index is 2.87. The van der Waals surface area contributed by atoms with Crippen molar-refractivity contribution in [2.75, 3.05) is 12.3 Å². The summed E-state index contributed by atoms with van der Waals surface area (Å²) in [5.41, 5.74) is 0. The number of hydrogen-bond acceptors (Lipinski definition) is 3. The molecule has 0 fully saturated rings. The highest BCUT2D eigenvalue weighted by molar-refractivity contribution is 7.89. The van der Waals surface area contributed by atoms with Crippen molar-refractivity contribution in [2.45, 2.75) is 4.90 Å². The van der Waals surface area contributed by atoms with E-state index in [1.165, 1.54) is 12.1 Å². The Morgan fingerprint density at radius 3 is 2.36 bits per heavy atom. The second kappa shape index (κ2) is 4.77. The maximum atomic E-state index is 12.5. The quantitative estimate of drug-likeness (QED) is 0.766. The predicted octanol–water partition coefficient (Wildman–Crippen LogP) is 1.03. The summed E-state index contributed by atoms with van der Waals surface area (Å²) in [5.74, 6) is -0.0430. The molecule has 0 heterocycles. The topological polar surface area (TPSA) is 46.2 Å². The zero-order chi connectivity index (χ0) is 10.6. The van der Waals surface area contributed by atoms with E-state index in [1.807, 2.05) is 0 Å². The van der Waals surface area contributed by atoms with Crippen LogP contribution in [0.4, 0.5) is 4.39 Å². The third-order valence-electron chi connectivity index (χ3n) is 1.53. The minimum Gasteiger partial charge on any atom is -0.210 e. The van der Waals surface area contributed by atoms with E-state index in [2.05, 4.69) is 17.4 Å². The van der Waals surface area contributed by atoms with Crippen LogP contribution in [0.1, 0.15) is 0 Å². The van der Waals surface area contributed by atoms with Crippen LogP contribution >= 0.6 is 12.6 Å². The van der Waals surface area contributed by atoms with Gasteiger partial charge >= 0.3 is 0 Å². The van der Waals surface area contributed by atoms with Gasteiger partial charge in [0.1, 0.15) is 5.82 Å². The average Bonchev–Trinajstić information content (AvgIpc) is 2.16. The molecule has 0 saturated carbocycles. The van der Waals surface area contributed by atoms with Crippen LogP contribution in [-0.2, 0) is 10.0 Å². The molecule has 14 heavy (non-hydrogen) atoms. The fraction of sp³-hybridized carbons (Fsp3) is 0.250. The molecule has 1 rings (SSSR count). The Kier molecular flexibility index (Phi) is 3.91. The van der Waals surface area contributed by atoms with Gasteiger partial charge in [-0.3, -0.25) is 0 Å². The highest BCUT2D eigenvalue weighted by Crippen LogP contribution is 2.08. The normalized spacial score (nSPS) is 11.6. The second-order valence-electron chi connectivity index (χ2n) is 2.58. The predicted molar refractivity (Wildman–Crippen MR) is 55.4 cm³/mol. The Morgan fingerprint density at radius 1 is 1.29 bits per heavy atom. The molecule has 0 aliphatic carbocycles. The third kappa shape index (κ3) is 2.97. The Hall–Kier alpha value is -0.590. The van der Waals surface area contributed by atoms with Gasteiger partial charge in [0.25, 0.3) is 0 Å². The van der Waals surface area contributed by atoms with Crippen LogP contribution in [0.3, 0.4) is 0 Å². The van der Waals surface area contributed by atoms with Gasteiger partial charge in [0, 0.05) is 12.3 Å². The van der Waals surface area contributed by atoms with Crippen LogP contribution in [0.5, 0.6) is 0 Å². The van der Waals surface area contributed by atoms with Crippen molar-refractivity contribution < 1.29 is 12.8 Å². The lowest BCUT2D eigenvalue weighted by atomic mass is 10.4. The number of halogens is 1. The number of rotatable bonds is 4. The molecule has 6 heteroatoms. The Labute approximate surface area is 87.8 Å². The first-order chi connectivity index (χ1) is 6.56. The molecule has 0 aliphatic heterocycles. The summed E-state index contributed by atoms with van der Waals surface area (Å²) in [6.45, 7) is 0.253. The maximum Gasteiger partial charge on any atom is 0.240 e. The molecule has 1 aromatic carbocycles. The summed E-state index contributed by atoms with van der Waals surface area (Å²) in [5, 5.41) is 0. The minimum atomic E-state index is -3.50. The van der Waals surface area contributed by atoms with Crippen LogP contribution in [-0.4, -0.2) is 20.7 Å². The molecule has 0 saturated heterocycles. The molecule has 1 aromatic rings. The van der Waals surface area contributed by atoms with Crippen molar-refractivity contribution in [3.8, 4) is 0 Å². The van der Waals surface area contributed by atoms with Gasteiger partial charge in [-0.05, 0) is 24.3 Å². The number of sulfonamides is 1. The lowest BCUT2D eigenvalue weighted by Crippen LogP contribution is -2.25. The van der Waals surface area contributed by atoms with Gasteiger partial charge < -0.3 is 0 Å². The van der Waals surface area contributed by atoms with E-state index in [-0.39, 0.29) is 11.4 Å². The smallest absolute Gasteiger partial charge is 0.210 e. The van der Waals surface area contributed by atoms with E-state index in [0.717, 1.165) is 12.1 Å². The molecule has 78 valence electrons. The number of benzene rings is 1. The molecule has 0 unspecified atom stereocenters. The molecule has 0 aromatic heterocycles. The van der Waals surface area contributed by atoms with E-state index in [0.29, 0.717) is 5.75 Å². The Bertz CT molecular complexity index is 388. The lowest BCUT2D eigenvalue weighted by molar-refractivity contribution is 0.583. The zero-order valence-electron chi connectivity index (χ0n) is 7.27. The largest absolute Gasteiger partial charge is 0.240 e. The summed E-state index contributed by atoms with van der Waals surface area (Å²) < 4.78 is 37.7. The first-order valence-corrected chi connectivity index (χ1v) is 6.04. The highest BCUT2D eigenvalue weighted by atomic mass is 32.2. The fourth-order valence-corrected chi connectivity index (χ4v) is 2.17. The van der Waals surface area contributed by atoms with Gasteiger partial charge in [0.2, 0.25) is 10.0 Å². The van der Waals surface area contributed by atoms with E-state index < -0.39 is 15.8 Å². The average molecular weight is 235 g/mol. The van der Waals surface area contributed by atoms with Crippen molar-refractivity contribution >= 4 is 22.7 Å². The molecule has 0 amide bonds. The van der Waals surface area contributed by atoms with Gasteiger partial charge in [0.15, 0.2) is 0 Å². The van der Waals surface area contributed by atoms with Crippen molar-refractivity contribution in [1.29, 1.82) is 0 Å². The van der Waals surface area contributed by atoms with E-state index >= 15 is 0 Å². The van der Waals surface area contributed by atoms with Gasteiger partial charge in [-0.1, -0.05) is 0 Å². The maximum absolute atomic E-state index is 12.5. The molecular formula is C8H10FNO2S2. The van der Waals surface area contributed by atoms with Gasteiger partial charge in [0.05, 0.1) is 4.90 Å². The number of hydrogen-bond donors (Lipinski definition) is 2. The highest BCUT2D eigenvalue weighted by Gasteiger charge is 2.12. The molecule has 0 spiro atoms. The lowest BCUT2D eigenvalue weighted by Gasteiger charge is -2.04. The molecule has 0 atom stereocenters. The molecule has 0 bridgehead atoms. The summed E-state index contributed by atoms with van der Waals surface area (Å²) in [7, 11) is -3.50. The van der Waals surface area contributed by atoms with Crippen LogP contribution in [0, 0.1) is 5.82 Å². The minimum absolute atomic E-state index is 0.0562. The summed E-state index contributed by atoms with van der Waals surface area (Å²) in [4.78, 5) is 0.0562. The molecule has 1 N–H and O–H groups in total. The first kappa shape index (κ1) is 11.5.